The topological polar surface area (TPSA) is 263 Å². The number of carbonyl (C=O) groups is 10. The van der Waals surface area contributed by atoms with E-state index in [9.17, 15) is 47.9 Å². The number of esters is 10. The molecule has 0 radical (unpaired) electrons. The molecule has 3 aromatic carbocycles. The van der Waals surface area contributed by atoms with Crippen molar-refractivity contribution in [3.05, 3.63) is 108 Å². The average Bonchev–Trinajstić information content (AvgIpc) is 3.58. The Kier molecular flexibility index (Phi) is 31.5. The Morgan fingerprint density at radius 3 is 1.05 bits per heavy atom. The summed E-state index contributed by atoms with van der Waals surface area (Å²) in [5, 5.41) is 0. The Labute approximate surface area is 485 Å². The van der Waals surface area contributed by atoms with Gasteiger partial charge in [0.1, 0.15) is 49.4 Å². The molecule has 20 heteroatoms. The summed E-state index contributed by atoms with van der Waals surface area (Å²) in [5.41, 5.74) is 3.57. The zero-order valence-electron chi connectivity index (χ0n) is 48.9. The van der Waals surface area contributed by atoms with E-state index in [2.05, 4.69) is 13.2 Å². The van der Waals surface area contributed by atoms with Crippen LogP contribution in [0.15, 0.2) is 79.9 Å². The first-order valence-corrected chi connectivity index (χ1v) is 28.3. The molecule has 0 unspecified atom stereocenters. The monoisotopic (exact) mass is 1160 g/mol. The quantitative estimate of drug-likeness (QED) is 0.0215. The molecule has 0 saturated heterocycles. The van der Waals surface area contributed by atoms with Crippen molar-refractivity contribution in [1.29, 1.82) is 0 Å². The zero-order chi connectivity index (χ0) is 61.3. The summed E-state index contributed by atoms with van der Waals surface area (Å²) in [7, 11) is 0. The molecule has 0 atom stereocenters. The molecule has 0 aromatic heterocycles. The minimum atomic E-state index is -0.634. The predicted octanol–water partition coefficient (Wildman–Crippen LogP) is 9.58. The fourth-order valence-electron chi connectivity index (χ4n) is 8.61. The lowest BCUT2D eigenvalue weighted by Crippen LogP contribution is -2.31. The van der Waals surface area contributed by atoms with Gasteiger partial charge in [0.15, 0.2) is 0 Å². The predicted molar refractivity (Wildman–Crippen MR) is 302 cm³/mol. The molecule has 0 heterocycles. The molecule has 0 N–H and O–H groups in total. The summed E-state index contributed by atoms with van der Waals surface area (Å²) < 4.78 is 52.8. The Morgan fingerprint density at radius 2 is 0.711 bits per heavy atom. The lowest BCUT2D eigenvalue weighted by Gasteiger charge is -2.27. The Hall–Kier alpha value is -8.16. The lowest BCUT2D eigenvalue weighted by molar-refractivity contribution is -0.152. The van der Waals surface area contributed by atoms with Crippen LogP contribution in [-0.2, 0) is 89.2 Å². The van der Waals surface area contributed by atoms with Crippen molar-refractivity contribution in [1.82, 2.24) is 0 Å². The van der Waals surface area contributed by atoms with Gasteiger partial charge in [0.2, 0.25) is 0 Å². The SMILES string of the molecule is C=CC(=O)OCCOC(=O)CCC(=O)OCCc1ccc(OC(=O)C2CCC(C(=O)Oc3cc(C)c(OC(=O)C4CCC(C(=O)Oc5ccc(CCOC(=O)CCC(=O)OCCOC(=O)C=C)cc5)CC4)c(C)c3C)CC2)cc1.CC.CC. The summed E-state index contributed by atoms with van der Waals surface area (Å²) in [6.45, 7) is 19.5. The maximum Gasteiger partial charge on any atom is 0.330 e. The highest BCUT2D eigenvalue weighted by atomic mass is 16.6. The van der Waals surface area contributed by atoms with Gasteiger partial charge in [-0.15, -0.1) is 0 Å². The maximum atomic E-state index is 13.5. The van der Waals surface area contributed by atoms with Gasteiger partial charge in [-0.1, -0.05) is 65.1 Å². The van der Waals surface area contributed by atoms with Gasteiger partial charge in [-0.05, 0) is 130 Å². The molecule has 0 aliphatic heterocycles. The van der Waals surface area contributed by atoms with Crippen LogP contribution in [0.25, 0.3) is 0 Å². The number of rotatable bonds is 28. The zero-order valence-corrected chi connectivity index (χ0v) is 48.9. The molecule has 0 spiro atoms. The molecule has 20 nitrogen and oxygen atoms in total. The molecule has 5 rings (SSSR count). The van der Waals surface area contributed by atoms with Crippen LogP contribution < -0.4 is 18.9 Å². The van der Waals surface area contributed by atoms with E-state index in [1.807, 2.05) is 27.7 Å². The standard InChI is InChI=1S/C59H68O20.2C2H6/c1-6-49(60)72-32-34-74-53(64)26-24-51(62)70-30-28-40-8-20-46(21-9-40)76-56(66)42-12-16-44(17-13-42)58(68)78-48-36-37(3)55(39(5)38(48)4)79-59(69)45-18-14-43(15-19-45)57(67)77-47-22-10-41(11-23-47)29-31-71-52(63)25-27-54(65)75-35-33-73-50(61)7-2;2*1-2/h6-11,20-23,36,42-45H,1-2,12-19,24-35H2,3-5H3;2*1-2H3. The number of hydrogen-bond acceptors (Lipinski definition) is 20. The molecule has 83 heavy (non-hydrogen) atoms. The highest BCUT2D eigenvalue weighted by molar-refractivity contribution is 5.83. The van der Waals surface area contributed by atoms with Crippen molar-refractivity contribution in [3.8, 4) is 23.0 Å². The smallest absolute Gasteiger partial charge is 0.330 e. The number of hydrogen-bond donors (Lipinski definition) is 0. The lowest BCUT2D eigenvalue weighted by atomic mass is 9.82. The van der Waals surface area contributed by atoms with E-state index in [0.717, 1.165) is 23.3 Å². The van der Waals surface area contributed by atoms with Crippen LogP contribution in [0, 0.1) is 44.4 Å². The first kappa shape index (κ1) is 69.1. The van der Waals surface area contributed by atoms with E-state index in [4.69, 9.17) is 47.4 Å². The van der Waals surface area contributed by atoms with E-state index in [1.54, 1.807) is 75.4 Å². The highest BCUT2D eigenvalue weighted by Crippen LogP contribution is 2.38. The van der Waals surface area contributed by atoms with Crippen LogP contribution in [0.1, 0.15) is 133 Å². The van der Waals surface area contributed by atoms with Crippen LogP contribution in [0.3, 0.4) is 0 Å². The number of ether oxygens (including phenoxy) is 10. The molecular formula is C63H80O20. The van der Waals surface area contributed by atoms with Gasteiger partial charge in [0.05, 0.1) is 62.6 Å². The maximum absolute atomic E-state index is 13.5. The van der Waals surface area contributed by atoms with Gasteiger partial charge < -0.3 is 47.4 Å². The summed E-state index contributed by atoms with van der Waals surface area (Å²) in [6.07, 6.45) is 5.54. The third-order valence-corrected chi connectivity index (χ3v) is 13.4. The van der Waals surface area contributed by atoms with Crippen LogP contribution in [0.4, 0.5) is 0 Å². The van der Waals surface area contributed by atoms with Gasteiger partial charge in [-0.2, -0.15) is 0 Å². The Bertz CT molecular complexity index is 2660. The molecule has 452 valence electrons. The second-order valence-corrected chi connectivity index (χ2v) is 19.0. The van der Waals surface area contributed by atoms with Gasteiger partial charge in [-0.25, -0.2) is 9.59 Å². The van der Waals surface area contributed by atoms with Crippen LogP contribution >= 0.6 is 0 Å². The average molecular weight is 1160 g/mol. The second kappa shape index (κ2) is 37.8. The minimum Gasteiger partial charge on any atom is -0.465 e. The van der Waals surface area contributed by atoms with Crippen molar-refractivity contribution < 1.29 is 95.3 Å². The van der Waals surface area contributed by atoms with E-state index in [1.165, 1.54) is 0 Å². The summed E-state index contributed by atoms with van der Waals surface area (Å²) in [5.74, 6) is -5.47. The fraction of sp³-hybridized carbons (Fsp3) is 0.492. The fourth-order valence-corrected chi connectivity index (χ4v) is 8.61. The first-order chi connectivity index (χ1) is 39.9. The van der Waals surface area contributed by atoms with Gasteiger partial charge in [-0.3, -0.25) is 38.4 Å². The number of carbonyl (C=O) groups excluding carboxylic acids is 10. The largest absolute Gasteiger partial charge is 0.465 e. The Balaban J connectivity index is 0.00000441. The van der Waals surface area contributed by atoms with E-state index in [-0.39, 0.29) is 65.3 Å². The first-order valence-electron chi connectivity index (χ1n) is 28.3. The van der Waals surface area contributed by atoms with Crippen molar-refractivity contribution in [3.63, 3.8) is 0 Å². The van der Waals surface area contributed by atoms with Gasteiger partial charge >= 0.3 is 59.7 Å². The molecular weight excluding hydrogens is 1080 g/mol. The Morgan fingerprint density at radius 1 is 0.410 bits per heavy atom. The summed E-state index contributed by atoms with van der Waals surface area (Å²) in [4.78, 5) is 123. The van der Waals surface area contributed by atoms with Gasteiger partial charge in [0, 0.05) is 25.0 Å². The molecule has 0 bridgehead atoms. The molecule has 2 aliphatic carbocycles. The number of aryl methyl sites for hydroxylation is 1. The van der Waals surface area contributed by atoms with Crippen LogP contribution in [0.2, 0.25) is 0 Å². The van der Waals surface area contributed by atoms with Gasteiger partial charge in [0.25, 0.3) is 0 Å². The molecule has 2 saturated carbocycles. The second-order valence-electron chi connectivity index (χ2n) is 19.0. The van der Waals surface area contributed by atoms with Crippen molar-refractivity contribution >= 4 is 59.7 Å². The van der Waals surface area contributed by atoms with Crippen molar-refractivity contribution in [2.45, 2.75) is 138 Å². The van der Waals surface area contributed by atoms with Crippen molar-refractivity contribution in [2.75, 3.05) is 39.6 Å². The van der Waals surface area contributed by atoms with Crippen LogP contribution in [0.5, 0.6) is 23.0 Å². The summed E-state index contributed by atoms with van der Waals surface area (Å²) in [6, 6.07) is 15.3. The third kappa shape index (κ3) is 24.8. The van der Waals surface area contributed by atoms with E-state index in [0.29, 0.717) is 104 Å². The highest BCUT2D eigenvalue weighted by Gasteiger charge is 2.35. The third-order valence-electron chi connectivity index (χ3n) is 13.4. The minimum absolute atomic E-state index is 0.0762. The molecule has 3 aromatic rings. The van der Waals surface area contributed by atoms with Crippen LogP contribution in [-0.4, -0.2) is 99.3 Å². The summed E-state index contributed by atoms with van der Waals surface area (Å²) >= 11 is 0. The van der Waals surface area contributed by atoms with Crippen molar-refractivity contribution in [2.24, 2.45) is 23.7 Å². The number of benzene rings is 3. The van der Waals surface area contributed by atoms with E-state index >= 15 is 0 Å². The molecule has 2 fully saturated rings. The molecule has 2 aliphatic rings. The normalized spacial score (nSPS) is 15.9. The van der Waals surface area contributed by atoms with E-state index < -0.39 is 83.4 Å². The molecule has 0 amide bonds.